The first-order chi connectivity index (χ1) is 11.6. The number of aliphatic hydroxyl groups excluding tert-OH is 1. The molecule has 136 valence electrons. The van der Waals surface area contributed by atoms with Crippen molar-refractivity contribution in [2.24, 2.45) is 0 Å². The lowest BCUT2D eigenvalue weighted by Crippen LogP contribution is -2.41. The van der Waals surface area contributed by atoms with Crippen LogP contribution in [-0.4, -0.2) is 35.9 Å². The van der Waals surface area contributed by atoms with Gasteiger partial charge in [0, 0.05) is 13.5 Å². The Morgan fingerprint density at radius 3 is 2.36 bits per heavy atom. The highest BCUT2D eigenvalue weighted by atomic mass is 16.7. The van der Waals surface area contributed by atoms with E-state index in [1.165, 1.54) is 6.92 Å². The maximum Gasteiger partial charge on any atom is 0.492 e. The van der Waals surface area contributed by atoms with Gasteiger partial charge in [-0.25, -0.2) is 0 Å². The molecule has 0 bridgehead atoms. The fraction of sp³-hybridized carbons (Fsp3) is 0.526. The Bertz CT molecular complexity index is 666. The van der Waals surface area contributed by atoms with Gasteiger partial charge >= 0.3 is 7.12 Å². The smallest absolute Gasteiger partial charge is 0.400 e. The Kier molecular flexibility index (Phi) is 5.77. The van der Waals surface area contributed by atoms with Gasteiger partial charge in [0.15, 0.2) is 0 Å². The Balaban J connectivity index is 2.35. The molecule has 1 fully saturated rings. The van der Waals surface area contributed by atoms with Crippen LogP contribution in [0.3, 0.4) is 0 Å². The number of hydrogen-bond acceptors (Lipinski definition) is 4. The topological polar surface area (TPSA) is 67.8 Å². The zero-order valence-electron chi connectivity index (χ0n) is 16.0. The number of amides is 1. The highest BCUT2D eigenvalue weighted by Gasteiger charge is 2.52. The first kappa shape index (κ1) is 19.7. The fourth-order valence-electron chi connectivity index (χ4n) is 2.59. The average Bonchev–Trinajstić information content (AvgIpc) is 2.73. The molecule has 0 aliphatic carbocycles. The molecule has 0 aromatic heterocycles. The van der Waals surface area contributed by atoms with Gasteiger partial charge in [-0.15, -0.1) is 0 Å². The zero-order valence-corrected chi connectivity index (χ0v) is 16.0. The van der Waals surface area contributed by atoms with Crippen molar-refractivity contribution >= 4 is 19.1 Å². The summed E-state index contributed by atoms with van der Waals surface area (Å²) in [6, 6.07) is 5.89. The summed E-state index contributed by atoms with van der Waals surface area (Å²) in [6.45, 7) is 11.8. The standard InChI is InChI=1S/C19H28BNO4/c1-13-7-8-15(9-16(13)12-22)10-17(11-21-14(2)23)20-24-18(3,4)19(5,6)25-20/h7-10,22H,11-12H2,1-6H3,(H,21,23). The number of carbonyl (C=O) groups is 1. The number of nitrogens with one attached hydrogen (secondary N) is 1. The maximum absolute atomic E-state index is 11.4. The molecular formula is C19H28BNO4. The molecule has 1 aromatic rings. The lowest BCUT2D eigenvalue weighted by Gasteiger charge is -2.32. The third kappa shape index (κ3) is 4.51. The van der Waals surface area contributed by atoms with Gasteiger partial charge in [-0.1, -0.05) is 18.2 Å². The van der Waals surface area contributed by atoms with Crippen LogP contribution in [0.4, 0.5) is 0 Å². The monoisotopic (exact) mass is 345 g/mol. The van der Waals surface area contributed by atoms with E-state index in [2.05, 4.69) is 5.32 Å². The predicted molar refractivity (Wildman–Crippen MR) is 99.8 cm³/mol. The summed E-state index contributed by atoms with van der Waals surface area (Å²) in [5.74, 6) is -0.109. The van der Waals surface area contributed by atoms with Crippen LogP contribution in [0.25, 0.3) is 6.08 Å². The predicted octanol–water partition coefficient (Wildman–Crippen LogP) is 2.64. The molecule has 2 N–H and O–H groups in total. The third-order valence-corrected chi connectivity index (χ3v) is 4.99. The van der Waals surface area contributed by atoms with Crippen molar-refractivity contribution in [3.8, 4) is 0 Å². The second kappa shape index (κ2) is 7.32. The van der Waals surface area contributed by atoms with Crippen molar-refractivity contribution in [3.05, 3.63) is 40.4 Å². The Hall–Kier alpha value is -1.63. The Morgan fingerprint density at radius 1 is 1.24 bits per heavy atom. The third-order valence-electron chi connectivity index (χ3n) is 4.99. The van der Waals surface area contributed by atoms with Crippen molar-refractivity contribution in [2.75, 3.05) is 6.54 Å². The molecule has 25 heavy (non-hydrogen) atoms. The quantitative estimate of drug-likeness (QED) is 0.805. The number of carbonyl (C=O) groups excluding carboxylic acids is 1. The first-order valence-corrected chi connectivity index (χ1v) is 8.56. The van der Waals surface area contributed by atoms with E-state index in [1.54, 1.807) is 0 Å². The molecule has 2 rings (SSSR count). The van der Waals surface area contributed by atoms with Crippen LogP contribution in [-0.2, 0) is 20.7 Å². The van der Waals surface area contributed by atoms with E-state index in [9.17, 15) is 9.90 Å². The van der Waals surface area contributed by atoms with Gasteiger partial charge in [0.1, 0.15) is 0 Å². The van der Waals surface area contributed by atoms with E-state index < -0.39 is 18.3 Å². The van der Waals surface area contributed by atoms with Gasteiger partial charge < -0.3 is 19.7 Å². The van der Waals surface area contributed by atoms with Gasteiger partial charge in [0.25, 0.3) is 0 Å². The van der Waals surface area contributed by atoms with Crippen molar-refractivity contribution in [1.82, 2.24) is 5.32 Å². The van der Waals surface area contributed by atoms with Gasteiger partial charge in [0.2, 0.25) is 5.91 Å². The molecule has 0 radical (unpaired) electrons. The Morgan fingerprint density at radius 2 is 1.84 bits per heavy atom. The molecule has 1 amide bonds. The van der Waals surface area contributed by atoms with Gasteiger partial charge in [-0.2, -0.15) is 0 Å². The largest absolute Gasteiger partial charge is 0.492 e. The van der Waals surface area contributed by atoms with Crippen LogP contribution in [0.15, 0.2) is 23.7 Å². The van der Waals surface area contributed by atoms with Crippen LogP contribution in [0.1, 0.15) is 51.3 Å². The molecule has 0 spiro atoms. The molecule has 1 aliphatic heterocycles. The highest BCUT2D eigenvalue weighted by molar-refractivity contribution is 6.56. The van der Waals surface area contributed by atoms with Crippen LogP contribution in [0.2, 0.25) is 0 Å². The van der Waals surface area contributed by atoms with Crippen molar-refractivity contribution in [3.63, 3.8) is 0 Å². The summed E-state index contributed by atoms with van der Waals surface area (Å²) in [5, 5.41) is 12.3. The van der Waals surface area contributed by atoms with E-state index in [4.69, 9.17) is 9.31 Å². The van der Waals surface area contributed by atoms with Crippen LogP contribution < -0.4 is 5.32 Å². The number of hydrogen-bond donors (Lipinski definition) is 2. The van der Waals surface area contributed by atoms with Crippen molar-refractivity contribution in [2.45, 2.75) is 59.4 Å². The summed E-state index contributed by atoms with van der Waals surface area (Å²) < 4.78 is 12.2. The molecule has 5 nitrogen and oxygen atoms in total. The normalized spacial score (nSPS) is 19.2. The summed E-state index contributed by atoms with van der Waals surface area (Å²) >= 11 is 0. The summed E-state index contributed by atoms with van der Waals surface area (Å²) in [6.07, 6.45) is 1.96. The number of benzene rings is 1. The Labute approximate surface area is 150 Å². The van der Waals surface area contributed by atoms with E-state index in [-0.39, 0.29) is 12.5 Å². The maximum atomic E-state index is 11.4. The van der Waals surface area contributed by atoms with Crippen molar-refractivity contribution in [1.29, 1.82) is 0 Å². The lowest BCUT2D eigenvalue weighted by atomic mass is 9.76. The molecule has 1 aromatic carbocycles. The molecule has 1 aliphatic rings. The minimum atomic E-state index is -0.532. The highest BCUT2D eigenvalue weighted by Crippen LogP contribution is 2.38. The van der Waals surface area contributed by atoms with E-state index >= 15 is 0 Å². The van der Waals surface area contributed by atoms with Crippen molar-refractivity contribution < 1.29 is 19.2 Å². The summed E-state index contributed by atoms with van der Waals surface area (Å²) in [5.41, 5.74) is 2.79. The minimum absolute atomic E-state index is 0.00890. The molecule has 1 saturated heterocycles. The number of rotatable bonds is 5. The number of aliphatic hydroxyl groups is 1. The van der Waals surface area contributed by atoms with Gasteiger partial charge in [-0.05, 0) is 62.8 Å². The molecule has 0 atom stereocenters. The second-order valence-electron chi connectivity index (χ2n) is 7.56. The van der Waals surface area contributed by atoms with Gasteiger partial charge in [0.05, 0.1) is 17.8 Å². The van der Waals surface area contributed by atoms with E-state index in [0.717, 1.165) is 22.2 Å². The molecule has 1 heterocycles. The summed E-state index contributed by atoms with van der Waals surface area (Å²) in [7, 11) is -0.532. The fourth-order valence-corrected chi connectivity index (χ4v) is 2.59. The zero-order chi connectivity index (χ0) is 18.8. The van der Waals surface area contributed by atoms with E-state index in [0.29, 0.717) is 6.54 Å². The second-order valence-corrected chi connectivity index (χ2v) is 7.56. The molecule has 0 unspecified atom stereocenters. The summed E-state index contributed by atoms with van der Waals surface area (Å²) in [4.78, 5) is 11.4. The lowest BCUT2D eigenvalue weighted by molar-refractivity contribution is -0.118. The number of aryl methyl sites for hydroxylation is 1. The molecule has 6 heteroatoms. The van der Waals surface area contributed by atoms with E-state index in [1.807, 2.05) is 58.9 Å². The minimum Gasteiger partial charge on any atom is -0.400 e. The van der Waals surface area contributed by atoms with Gasteiger partial charge in [-0.3, -0.25) is 4.79 Å². The van der Waals surface area contributed by atoms with Crippen LogP contribution >= 0.6 is 0 Å². The average molecular weight is 345 g/mol. The van der Waals surface area contributed by atoms with Crippen LogP contribution in [0, 0.1) is 6.92 Å². The van der Waals surface area contributed by atoms with Crippen LogP contribution in [0.5, 0.6) is 0 Å². The first-order valence-electron chi connectivity index (χ1n) is 8.56. The molecule has 0 saturated carbocycles. The molecular weight excluding hydrogens is 317 g/mol. The SMILES string of the molecule is CC(=O)NCC(=Cc1ccc(C)c(CO)c1)B1OC(C)(C)C(C)(C)O1.